The van der Waals surface area contributed by atoms with Crippen molar-refractivity contribution in [2.45, 2.75) is 20.4 Å². The number of ether oxygens (including phenoxy) is 1. The zero-order valence-corrected chi connectivity index (χ0v) is 8.73. The molecule has 1 heterocycles. The van der Waals surface area contributed by atoms with Gasteiger partial charge in [-0.25, -0.2) is 4.79 Å². The number of carboxylic acids is 1. The summed E-state index contributed by atoms with van der Waals surface area (Å²) in [4.78, 5) is 10.4. The standard InChI is InChI=1S/C7H10N2O3.C2H6/c1-12-3-2-9-5-6(4-8-9)7(10)11;1-2/h4-5H,2-3H2,1H3,(H,10,11);1-2H3. The van der Waals surface area contributed by atoms with Crippen LogP contribution < -0.4 is 0 Å². The average molecular weight is 200 g/mol. The number of methoxy groups -OCH3 is 1. The van der Waals surface area contributed by atoms with Crippen LogP contribution in [0.5, 0.6) is 0 Å². The molecule has 1 aromatic heterocycles. The normalized spacial score (nSPS) is 9.07. The van der Waals surface area contributed by atoms with Gasteiger partial charge in [0.2, 0.25) is 0 Å². The summed E-state index contributed by atoms with van der Waals surface area (Å²) in [6.45, 7) is 5.10. The van der Waals surface area contributed by atoms with Crippen LogP contribution in [0.4, 0.5) is 0 Å². The second kappa shape index (κ2) is 7.08. The first-order chi connectivity index (χ1) is 6.74. The van der Waals surface area contributed by atoms with Gasteiger partial charge in [-0.15, -0.1) is 0 Å². The highest BCUT2D eigenvalue weighted by Gasteiger charge is 2.04. The second-order valence-corrected chi connectivity index (χ2v) is 2.29. The molecule has 0 spiro atoms. The molecule has 1 rings (SSSR count). The van der Waals surface area contributed by atoms with Gasteiger partial charge in [-0.05, 0) is 0 Å². The van der Waals surface area contributed by atoms with Gasteiger partial charge in [-0.2, -0.15) is 5.10 Å². The molecular weight excluding hydrogens is 184 g/mol. The molecule has 0 amide bonds. The van der Waals surface area contributed by atoms with E-state index in [2.05, 4.69) is 5.10 Å². The molecule has 0 aliphatic rings. The van der Waals surface area contributed by atoms with E-state index < -0.39 is 5.97 Å². The Morgan fingerprint density at radius 2 is 2.29 bits per heavy atom. The third-order valence-electron chi connectivity index (χ3n) is 1.40. The maximum Gasteiger partial charge on any atom is 0.338 e. The minimum absolute atomic E-state index is 0.200. The quantitative estimate of drug-likeness (QED) is 0.794. The van der Waals surface area contributed by atoms with E-state index in [1.54, 1.807) is 7.11 Å². The molecule has 5 nitrogen and oxygen atoms in total. The van der Waals surface area contributed by atoms with E-state index >= 15 is 0 Å². The molecule has 0 aliphatic carbocycles. The largest absolute Gasteiger partial charge is 0.478 e. The van der Waals surface area contributed by atoms with Crippen LogP contribution in [0.3, 0.4) is 0 Å². The maximum absolute atomic E-state index is 10.4. The molecule has 1 N–H and O–H groups in total. The number of hydrogen-bond acceptors (Lipinski definition) is 3. The topological polar surface area (TPSA) is 64.3 Å². The molecule has 0 saturated carbocycles. The zero-order chi connectivity index (χ0) is 11.0. The first-order valence-electron chi connectivity index (χ1n) is 4.48. The van der Waals surface area contributed by atoms with Crippen molar-refractivity contribution >= 4 is 5.97 Å². The smallest absolute Gasteiger partial charge is 0.338 e. The van der Waals surface area contributed by atoms with Gasteiger partial charge in [0.1, 0.15) is 0 Å². The summed E-state index contributed by atoms with van der Waals surface area (Å²) in [7, 11) is 1.58. The van der Waals surface area contributed by atoms with E-state index in [1.807, 2.05) is 13.8 Å². The maximum atomic E-state index is 10.4. The SMILES string of the molecule is CC.COCCn1cc(C(=O)O)cn1. The summed E-state index contributed by atoms with van der Waals surface area (Å²) >= 11 is 0. The molecule has 5 heteroatoms. The Morgan fingerprint density at radius 3 is 2.71 bits per heavy atom. The van der Waals surface area contributed by atoms with Crippen molar-refractivity contribution in [3.63, 3.8) is 0 Å². The molecule has 0 fully saturated rings. The van der Waals surface area contributed by atoms with Crippen LogP contribution in [0.1, 0.15) is 24.2 Å². The first-order valence-corrected chi connectivity index (χ1v) is 4.48. The Bertz CT molecular complexity index is 271. The lowest BCUT2D eigenvalue weighted by Gasteiger charge is -1.97. The summed E-state index contributed by atoms with van der Waals surface area (Å²) in [6.07, 6.45) is 2.79. The third-order valence-corrected chi connectivity index (χ3v) is 1.40. The molecule has 0 saturated heterocycles. The van der Waals surface area contributed by atoms with E-state index in [1.165, 1.54) is 17.1 Å². The number of carbonyl (C=O) groups is 1. The zero-order valence-electron chi connectivity index (χ0n) is 8.73. The number of hydrogen-bond donors (Lipinski definition) is 1. The van der Waals surface area contributed by atoms with Crippen molar-refractivity contribution < 1.29 is 14.6 Å². The van der Waals surface area contributed by atoms with Crippen molar-refractivity contribution in [3.8, 4) is 0 Å². The van der Waals surface area contributed by atoms with Gasteiger partial charge in [0, 0.05) is 13.3 Å². The second-order valence-electron chi connectivity index (χ2n) is 2.29. The van der Waals surface area contributed by atoms with Crippen molar-refractivity contribution in [2.75, 3.05) is 13.7 Å². The average Bonchev–Trinajstić information content (AvgIpc) is 2.66. The van der Waals surface area contributed by atoms with Gasteiger partial charge in [-0.1, -0.05) is 13.8 Å². The molecule has 1 aromatic rings. The summed E-state index contributed by atoms with van der Waals surface area (Å²) in [6, 6.07) is 0. The van der Waals surface area contributed by atoms with Gasteiger partial charge in [-0.3, -0.25) is 4.68 Å². The van der Waals surface area contributed by atoms with E-state index in [9.17, 15) is 4.79 Å². The van der Waals surface area contributed by atoms with Crippen LogP contribution in [-0.4, -0.2) is 34.6 Å². The van der Waals surface area contributed by atoms with Crippen LogP contribution in [-0.2, 0) is 11.3 Å². The lowest BCUT2D eigenvalue weighted by Crippen LogP contribution is -2.04. The van der Waals surface area contributed by atoms with Gasteiger partial charge >= 0.3 is 5.97 Å². The fraction of sp³-hybridized carbons (Fsp3) is 0.556. The minimum atomic E-state index is -0.960. The lowest BCUT2D eigenvalue weighted by molar-refractivity contribution is 0.0696. The van der Waals surface area contributed by atoms with Crippen molar-refractivity contribution in [1.29, 1.82) is 0 Å². The monoisotopic (exact) mass is 200 g/mol. The Morgan fingerprint density at radius 1 is 1.64 bits per heavy atom. The highest BCUT2D eigenvalue weighted by Crippen LogP contribution is 1.96. The molecule has 0 unspecified atom stereocenters. The molecular formula is C9H16N2O3. The summed E-state index contributed by atoms with van der Waals surface area (Å²) in [5.74, 6) is -0.960. The Kier molecular flexibility index (Phi) is 6.39. The number of rotatable bonds is 4. The Hall–Kier alpha value is -1.36. The predicted octanol–water partition coefficient (Wildman–Crippen LogP) is 1.25. The van der Waals surface area contributed by atoms with E-state index in [0.29, 0.717) is 13.2 Å². The molecule has 0 bridgehead atoms. The summed E-state index contributed by atoms with van der Waals surface area (Å²) in [5.41, 5.74) is 0.200. The minimum Gasteiger partial charge on any atom is -0.478 e. The van der Waals surface area contributed by atoms with Crippen molar-refractivity contribution in [2.24, 2.45) is 0 Å². The molecule has 0 radical (unpaired) electrons. The van der Waals surface area contributed by atoms with E-state index in [0.717, 1.165) is 0 Å². The number of carboxylic acid groups (broad SMARTS) is 1. The molecule has 0 atom stereocenters. The van der Waals surface area contributed by atoms with Gasteiger partial charge < -0.3 is 9.84 Å². The van der Waals surface area contributed by atoms with Gasteiger partial charge in [0.15, 0.2) is 0 Å². The first kappa shape index (κ1) is 12.6. The van der Waals surface area contributed by atoms with Gasteiger partial charge in [0.05, 0.1) is 24.9 Å². The summed E-state index contributed by atoms with van der Waals surface area (Å²) in [5, 5.41) is 12.4. The predicted molar refractivity (Wildman–Crippen MR) is 52.4 cm³/mol. The van der Waals surface area contributed by atoms with Crippen LogP contribution in [0, 0.1) is 0 Å². The molecule has 14 heavy (non-hydrogen) atoms. The number of aromatic carboxylic acids is 1. The van der Waals surface area contributed by atoms with Crippen LogP contribution in [0.2, 0.25) is 0 Å². The van der Waals surface area contributed by atoms with Gasteiger partial charge in [0.25, 0.3) is 0 Å². The third kappa shape index (κ3) is 4.04. The van der Waals surface area contributed by atoms with E-state index in [-0.39, 0.29) is 5.56 Å². The fourth-order valence-electron chi connectivity index (χ4n) is 0.781. The molecule has 80 valence electrons. The number of nitrogens with zero attached hydrogens (tertiary/aromatic N) is 2. The highest BCUT2D eigenvalue weighted by molar-refractivity contribution is 5.86. The van der Waals surface area contributed by atoms with E-state index in [4.69, 9.17) is 9.84 Å². The van der Waals surface area contributed by atoms with Crippen LogP contribution in [0.25, 0.3) is 0 Å². The van der Waals surface area contributed by atoms with Crippen LogP contribution in [0.15, 0.2) is 12.4 Å². The lowest BCUT2D eigenvalue weighted by atomic mass is 10.4. The van der Waals surface area contributed by atoms with Crippen molar-refractivity contribution in [1.82, 2.24) is 9.78 Å². The number of aromatic nitrogens is 2. The molecule has 0 aromatic carbocycles. The van der Waals surface area contributed by atoms with Crippen molar-refractivity contribution in [3.05, 3.63) is 18.0 Å². The summed E-state index contributed by atoms with van der Waals surface area (Å²) < 4.78 is 6.34. The molecule has 0 aliphatic heterocycles. The Balaban J connectivity index is 0.000000791. The van der Waals surface area contributed by atoms with Crippen LogP contribution >= 0.6 is 0 Å². The Labute approximate surface area is 83.3 Å². The highest BCUT2D eigenvalue weighted by atomic mass is 16.5. The fourth-order valence-corrected chi connectivity index (χ4v) is 0.781.